The summed E-state index contributed by atoms with van der Waals surface area (Å²) in [5.41, 5.74) is 9.96. The monoisotopic (exact) mass is 269 g/mol. The van der Waals surface area contributed by atoms with Crippen LogP contribution < -0.4 is 16.4 Å². The van der Waals surface area contributed by atoms with Crippen LogP contribution in [0.1, 0.15) is 5.56 Å². The summed E-state index contributed by atoms with van der Waals surface area (Å²) in [7, 11) is 1.97. The first-order valence-electron chi connectivity index (χ1n) is 6.33. The molecule has 0 spiro atoms. The number of rotatable bonds is 3. The summed E-state index contributed by atoms with van der Waals surface area (Å²) in [5.74, 6) is -0.438. The van der Waals surface area contributed by atoms with Crippen LogP contribution in [0.4, 0.5) is 11.4 Å². The molecule has 102 valence electrons. The molecule has 3 N–H and O–H groups in total. The number of aromatic amines is 1. The van der Waals surface area contributed by atoms with Crippen molar-refractivity contribution in [3.63, 3.8) is 0 Å². The number of benzene rings is 2. The Bertz CT molecular complexity index is 787. The van der Waals surface area contributed by atoms with Gasteiger partial charge in [-0.3, -0.25) is 4.98 Å². The van der Waals surface area contributed by atoms with Crippen molar-refractivity contribution < 1.29 is 4.42 Å². The number of nitrogens with zero attached hydrogens (tertiary/aromatic N) is 1. The van der Waals surface area contributed by atoms with Gasteiger partial charge in [0.05, 0.1) is 5.52 Å². The highest BCUT2D eigenvalue weighted by Crippen LogP contribution is 2.26. The molecule has 0 atom stereocenters. The number of fused-ring (bicyclic) bond motifs is 1. The fourth-order valence-electron chi connectivity index (χ4n) is 2.15. The molecule has 0 saturated heterocycles. The molecule has 0 bridgehead atoms. The largest absolute Gasteiger partial charge is 0.417 e. The molecule has 0 saturated carbocycles. The van der Waals surface area contributed by atoms with E-state index in [1.165, 1.54) is 0 Å². The van der Waals surface area contributed by atoms with Gasteiger partial charge in [-0.15, -0.1) is 0 Å². The van der Waals surface area contributed by atoms with E-state index in [9.17, 15) is 4.79 Å². The smallest absolute Gasteiger partial charge is 0.408 e. The maximum Gasteiger partial charge on any atom is 0.417 e. The molecule has 3 aromatic rings. The fraction of sp³-hybridized carbons (Fsp3) is 0.133. The Labute approximate surface area is 115 Å². The average Bonchev–Trinajstić information content (AvgIpc) is 2.85. The summed E-state index contributed by atoms with van der Waals surface area (Å²) in [6.45, 7) is 0.534. The first-order valence-corrected chi connectivity index (χ1v) is 6.33. The summed E-state index contributed by atoms with van der Waals surface area (Å²) in [5, 5.41) is 0. The molecule has 3 rings (SSSR count). The summed E-state index contributed by atoms with van der Waals surface area (Å²) < 4.78 is 5.00. The lowest BCUT2D eigenvalue weighted by atomic mass is 10.2. The van der Waals surface area contributed by atoms with Crippen molar-refractivity contribution in [1.82, 2.24) is 4.98 Å². The van der Waals surface area contributed by atoms with Gasteiger partial charge in [-0.25, -0.2) is 4.79 Å². The summed E-state index contributed by atoms with van der Waals surface area (Å²) in [6, 6.07) is 13.6. The molecule has 0 amide bonds. The van der Waals surface area contributed by atoms with Gasteiger partial charge in [-0.05, 0) is 35.9 Å². The van der Waals surface area contributed by atoms with Gasteiger partial charge in [0.1, 0.15) is 0 Å². The third kappa shape index (κ3) is 2.19. The Kier molecular flexibility index (Phi) is 3.04. The predicted molar refractivity (Wildman–Crippen MR) is 79.2 cm³/mol. The zero-order valence-corrected chi connectivity index (χ0v) is 11.1. The van der Waals surface area contributed by atoms with Crippen LogP contribution in [0.15, 0.2) is 51.7 Å². The maximum absolute atomic E-state index is 11.2. The molecule has 1 aromatic heterocycles. The Morgan fingerprint density at radius 3 is 2.55 bits per heavy atom. The molecule has 2 aromatic carbocycles. The van der Waals surface area contributed by atoms with E-state index in [0.29, 0.717) is 17.6 Å². The second-order valence-electron chi connectivity index (χ2n) is 4.62. The number of nitrogens with two attached hydrogens (primary N) is 1. The minimum atomic E-state index is -0.438. The van der Waals surface area contributed by atoms with E-state index in [-0.39, 0.29) is 0 Å². The van der Waals surface area contributed by atoms with Gasteiger partial charge in [0.15, 0.2) is 5.58 Å². The van der Waals surface area contributed by atoms with Gasteiger partial charge in [0.25, 0.3) is 0 Å². The zero-order valence-electron chi connectivity index (χ0n) is 11.1. The second kappa shape index (κ2) is 4.86. The minimum absolute atomic E-state index is 0.438. The highest BCUT2D eigenvalue weighted by molar-refractivity contribution is 5.79. The van der Waals surface area contributed by atoms with Crippen molar-refractivity contribution in [2.45, 2.75) is 6.54 Å². The average molecular weight is 269 g/mol. The molecular weight excluding hydrogens is 254 g/mol. The van der Waals surface area contributed by atoms with Crippen molar-refractivity contribution in [3.8, 4) is 0 Å². The molecule has 0 aliphatic carbocycles. The van der Waals surface area contributed by atoms with Gasteiger partial charge in [-0.2, -0.15) is 0 Å². The van der Waals surface area contributed by atoms with Crippen molar-refractivity contribution in [1.29, 1.82) is 0 Å². The van der Waals surface area contributed by atoms with E-state index < -0.39 is 5.76 Å². The van der Waals surface area contributed by atoms with Gasteiger partial charge in [0, 0.05) is 25.0 Å². The number of aromatic nitrogens is 1. The lowest BCUT2D eigenvalue weighted by molar-refractivity contribution is 0.555. The molecule has 5 heteroatoms. The first-order chi connectivity index (χ1) is 9.67. The minimum Gasteiger partial charge on any atom is -0.408 e. The van der Waals surface area contributed by atoms with Crippen LogP contribution in [-0.4, -0.2) is 12.0 Å². The van der Waals surface area contributed by atoms with Gasteiger partial charge in [0.2, 0.25) is 0 Å². The number of nitrogens with one attached hydrogen (secondary N) is 1. The lowest BCUT2D eigenvalue weighted by Gasteiger charge is -2.19. The van der Waals surface area contributed by atoms with E-state index in [1.54, 1.807) is 6.07 Å². The van der Waals surface area contributed by atoms with Crippen LogP contribution in [-0.2, 0) is 6.54 Å². The quantitative estimate of drug-likeness (QED) is 0.765. The number of hydrogen-bond acceptors (Lipinski definition) is 4. The van der Waals surface area contributed by atoms with Gasteiger partial charge >= 0.3 is 5.76 Å². The highest BCUT2D eigenvalue weighted by atomic mass is 16.4. The zero-order chi connectivity index (χ0) is 14.1. The standard InChI is InChI=1S/C15H15N3O2/c1-18(11-4-2-10(9-16)3-5-11)12-6-7-14-13(8-12)17-15(19)20-14/h2-8H,9,16H2,1H3,(H,17,19). The third-order valence-corrected chi connectivity index (χ3v) is 3.35. The van der Waals surface area contributed by atoms with Crippen molar-refractivity contribution in [2.75, 3.05) is 11.9 Å². The molecule has 1 heterocycles. The summed E-state index contributed by atoms with van der Waals surface area (Å²) in [4.78, 5) is 15.9. The normalized spacial score (nSPS) is 10.9. The Morgan fingerprint density at radius 2 is 1.85 bits per heavy atom. The van der Waals surface area contributed by atoms with E-state index in [0.717, 1.165) is 16.9 Å². The number of anilines is 2. The maximum atomic E-state index is 11.2. The molecular formula is C15H15N3O2. The van der Waals surface area contributed by atoms with Gasteiger partial charge in [-0.1, -0.05) is 12.1 Å². The molecule has 0 aliphatic heterocycles. The van der Waals surface area contributed by atoms with E-state index in [2.05, 4.69) is 4.98 Å². The van der Waals surface area contributed by atoms with Gasteiger partial charge < -0.3 is 15.1 Å². The molecule has 0 radical (unpaired) electrons. The summed E-state index contributed by atoms with van der Waals surface area (Å²) in [6.07, 6.45) is 0. The van der Waals surface area contributed by atoms with Crippen LogP contribution >= 0.6 is 0 Å². The van der Waals surface area contributed by atoms with E-state index in [1.807, 2.05) is 48.3 Å². The third-order valence-electron chi connectivity index (χ3n) is 3.35. The van der Waals surface area contributed by atoms with Crippen LogP contribution in [0.5, 0.6) is 0 Å². The molecule has 0 fully saturated rings. The lowest BCUT2D eigenvalue weighted by Crippen LogP contribution is -2.09. The second-order valence-corrected chi connectivity index (χ2v) is 4.62. The Balaban J connectivity index is 1.97. The van der Waals surface area contributed by atoms with Crippen LogP contribution in [0.2, 0.25) is 0 Å². The number of H-pyrrole nitrogens is 1. The highest BCUT2D eigenvalue weighted by Gasteiger charge is 2.07. The predicted octanol–water partition coefficient (Wildman–Crippen LogP) is 2.35. The summed E-state index contributed by atoms with van der Waals surface area (Å²) >= 11 is 0. The van der Waals surface area contributed by atoms with E-state index in [4.69, 9.17) is 10.2 Å². The number of hydrogen-bond donors (Lipinski definition) is 2. The molecule has 5 nitrogen and oxygen atoms in total. The van der Waals surface area contributed by atoms with E-state index >= 15 is 0 Å². The molecule has 0 unspecified atom stereocenters. The SMILES string of the molecule is CN(c1ccc(CN)cc1)c1ccc2oc(=O)[nH]c2c1. The van der Waals surface area contributed by atoms with Crippen LogP contribution in [0.3, 0.4) is 0 Å². The van der Waals surface area contributed by atoms with Crippen LogP contribution in [0, 0.1) is 0 Å². The fourth-order valence-corrected chi connectivity index (χ4v) is 2.15. The van der Waals surface area contributed by atoms with Crippen LogP contribution in [0.25, 0.3) is 11.1 Å². The van der Waals surface area contributed by atoms with Crippen molar-refractivity contribution in [2.24, 2.45) is 5.73 Å². The topological polar surface area (TPSA) is 75.3 Å². The Morgan fingerprint density at radius 1 is 1.15 bits per heavy atom. The molecule has 20 heavy (non-hydrogen) atoms. The molecule has 0 aliphatic rings. The Hall–Kier alpha value is -2.53. The first kappa shape index (κ1) is 12.5. The van der Waals surface area contributed by atoms with Crippen molar-refractivity contribution in [3.05, 3.63) is 58.6 Å². The van der Waals surface area contributed by atoms with Crippen molar-refractivity contribution >= 4 is 22.5 Å². The number of oxazole rings is 1.